The van der Waals surface area contributed by atoms with Crippen LogP contribution in [0.2, 0.25) is 0 Å². The molecule has 1 saturated heterocycles. The van der Waals surface area contributed by atoms with Gasteiger partial charge in [-0.25, -0.2) is 4.39 Å². The van der Waals surface area contributed by atoms with Crippen LogP contribution in [-0.2, 0) is 4.79 Å². The molecule has 1 amide bonds. The largest absolute Gasteiger partial charge is 0.368 e. The fourth-order valence-electron chi connectivity index (χ4n) is 3.30. The Morgan fingerprint density at radius 3 is 2.27 bits per heavy atom. The molecule has 26 heavy (non-hydrogen) atoms. The maximum Gasteiger partial charge on any atom is 0.236 e. The van der Waals surface area contributed by atoms with Crippen molar-refractivity contribution < 1.29 is 9.18 Å². The van der Waals surface area contributed by atoms with Crippen LogP contribution in [0.3, 0.4) is 0 Å². The highest BCUT2D eigenvalue weighted by atomic mass is 19.1. The molecule has 1 aliphatic heterocycles. The van der Waals surface area contributed by atoms with Gasteiger partial charge < -0.3 is 9.80 Å². The monoisotopic (exact) mass is 355 g/mol. The van der Waals surface area contributed by atoms with Gasteiger partial charge in [-0.2, -0.15) is 0 Å². The lowest BCUT2D eigenvalue weighted by atomic mass is 10.1. The molecule has 3 rings (SSSR count). The Labute approximate surface area is 154 Å². The van der Waals surface area contributed by atoms with Crippen LogP contribution in [0.1, 0.15) is 18.5 Å². The second kappa shape index (κ2) is 8.32. The van der Waals surface area contributed by atoms with Crippen LogP contribution in [0, 0.1) is 5.82 Å². The topological polar surface area (TPSA) is 26.8 Å². The summed E-state index contributed by atoms with van der Waals surface area (Å²) >= 11 is 0. The molecule has 0 unspecified atom stereocenters. The molecule has 0 radical (unpaired) electrons. The first-order valence-electron chi connectivity index (χ1n) is 9.08. The van der Waals surface area contributed by atoms with Gasteiger partial charge in [0.1, 0.15) is 5.82 Å². The van der Waals surface area contributed by atoms with E-state index in [9.17, 15) is 9.18 Å². The summed E-state index contributed by atoms with van der Waals surface area (Å²) in [5.74, 6) is -0.0925. The number of carbonyl (C=O) groups excluding carboxylic acids is 1. The van der Waals surface area contributed by atoms with E-state index < -0.39 is 0 Å². The minimum atomic E-state index is -0.240. The number of anilines is 1. The van der Waals surface area contributed by atoms with E-state index in [2.05, 4.69) is 17.0 Å². The number of likely N-dealkylation sites (N-methyl/N-ethyl adjacent to an activating group) is 1. The lowest BCUT2D eigenvalue weighted by molar-refractivity contribution is -0.132. The van der Waals surface area contributed by atoms with Crippen molar-refractivity contribution in [2.45, 2.75) is 13.0 Å². The predicted octanol–water partition coefficient (Wildman–Crippen LogP) is 3.17. The van der Waals surface area contributed by atoms with Crippen molar-refractivity contribution in [1.82, 2.24) is 9.80 Å². The van der Waals surface area contributed by atoms with Gasteiger partial charge in [0.25, 0.3) is 0 Å². The van der Waals surface area contributed by atoms with E-state index in [-0.39, 0.29) is 17.8 Å². The van der Waals surface area contributed by atoms with Crippen molar-refractivity contribution in [3.63, 3.8) is 0 Å². The average Bonchev–Trinajstić information content (AvgIpc) is 2.68. The number of piperazine rings is 1. The SMILES string of the molecule is C[C@@H](c1ccc(F)cc1)N(C)CC(=O)N1CCN(c2ccccc2)CC1. The summed E-state index contributed by atoms with van der Waals surface area (Å²) in [6, 6.07) is 16.8. The van der Waals surface area contributed by atoms with E-state index >= 15 is 0 Å². The van der Waals surface area contributed by atoms with Gasteiger partial charge in [0, 0.05) is 37.9 Å². The average molecular weight is 355 g/mol. The quantitative estimate of drug-likeness (QED) is 0.824. The molecule has 5 heteroatoms. The number of hydrogen-bond acceptors (Lipinski definition) is 3. The molecule has 138 valence electrons. The zero-order valence-corrected chi connectivity index (χ0v) is 15.4. The molecule has 2 aromatic carbocycles. The van der Waals surface area contributed by atoms with Gasteiger partial charge in [0.2, 0.25) is 5.91 Å². The minimum Gasteiger partial charge on any atom is -0.368 e. The summed E-state index contributed by atoms with van der Waals surface area (Å²) < 4.78 is 13.1. The van der Waals surface area contributed by atoms with Crippen LogP contribution in [0.25, 0.3) is 0 Å². The van der Waals surface area contributed by atoms with E-state index in [0.717, 1.165) is 31.7 Å². The number of para-hydroxylation sites is 1. The fraction of sp³-hybridized carbons (Fsp3) is 0.381. The fourth-order valence-corrected chi connectivity index (χ4v) is 3.30. The summed E-state index contributed by atoms with van der Waals surface area (Å²) in [6.07, 6.45) is 0. The summed E-state index contributed by atoms with van der Waals surface area (Å²) in [4.78, 5) is 18.9. The number of carbonyl (C=O) groups is 1. The Kier molecular flexibility index (Phi) is 5.89. The molecule has 0 N–H and O–H groups in total. The maximum absolute atomic E-state index is 13.1. The molecule has 0 aromatic heterocycles. The molecular formula is C21H26FN3O. The number of benzene rings is 2. The van der Waals surface area contributed by atoms with Gasteiger partial charge >= 0.3 is 0 Å². The van der Waals surface area contributed by atoms with Crippen molar-refractivity contribution >= 4 is 11.6 Å². The summed E-state index contributed by atoms with van der Waals surface area (Å²) in [5, 5.41) is 0. The van der Waals surface area contributed by atoms with Crippen molar-refractivity contribution in [1.29, 1.82) is 0 Å². The van der Waals surface area contributed by atoms with Crippen LogP contribution < -0.4 is 4.90 Å². The highest BCUT2D eigenvalue weighted by Gasteiger charge is 2.23. The van der Waals surface area contributed by atoms with E-state index in [0.29, 0.717) is 6.54 Å². The van der Waals surface area contributed by atoms with Crippen molar-refractivity contribution in [2.75, 3.05) is 44.7 Å². The normalized spacial score (nSPS) is 16.0. The second-order valence-corrected chi connectivity index (χ2v) is 6.85. The Morgan fingerprint density at radius 2 is 1.65 bits per heavy atom. The second-order valence-electron chi connectivity index (χ2n) is 6.85. The molecule has 0 saturated carbocycles. The Morgan fingerprint density at radius 1 is 1.04 bits per heavy atom. The smallest absolute Gasteiger partial charge is 0.236 e. The molecule has 1 heterocycles. The lowest BCUT2D eigenvalue weighted by Crippen LogP contribution is -2.51. The molecular weight excluding hydrogens is 329 g/mol. The van der Waals surface area contributed by atoms with Crippen LogP contribution in [0.15, 0.2) is 54.6 Å². The molecule has 1 fully saturated rings. The van der Waals surface area contributed by atoms with Crippen molar-refractivity contribution in [3.8, 4) is 0 Å². The summed E-state index contributed by atoms with van der Waals surface area (Å²) in [5.41, 5.74) is 2.22. The van der Waals surface area contributed by atoms with E-state index in [1.54, 1.807) is 12.1 Å². The number of halogens is 1. The lowest BCUT2D eigenvalue weighted by Gasteiger charge is -2.37. The number of hydrogen-bond donors (Lipinski definition) is 0. The standard InChI is InChI=1S/C21H26FN3O/c1-17(18-8-10-19(22)11-9-18)23(2)16-21(26)25-14-12-24(13-15-25)20-6-4-3-5-7-20/h3-11,17H,12-16H2,1-2H3/t17-/m0/s1. The summed E-state index contributed by atoms with van der Waals surface area (Å²) in [6.45, 7) is 5.59. The van der Waals surface area contributed by atoms with Crippen molar-refractivity contribution in [3.05, 3.63) is 66.0 Å². The van der Waals surface area contributed by atoms with Crippen LogP contribution >= 0.6 is 0 Å². The molecule has 2 aromatic rings. The number of nitrogens with zero attached hydrogens (tertiary/aromatic N) is 3. The molecule has 0 bridgehead atoms. The predicted molar refractivity (Wildman–Crippen MR) is 103 cm³/mol. The number of amides is 1. The van der Waals surface area contributed by atoms with Gasteiger partial charge in [-0.1, -0.05) is 30.3 Å². The highest BCUT2D eigenvalue weighted by molar-refractivity contribution is 5.78. The molecule has 0 aliphatic carbocycles. The van der Waals surface area contributed by atoms with Crippen LogP contribution in [0.4, 0.5) is 10.1 Å². The zero-order chi connectivity index (χ0) is 18.5. The van der Waals surface area contributed by atoms with Gasteiger partial charge in [0.15, 0.2) is 0 Å². The van der Waals surface area contributed by atoms with Crippen LogP contribution in [-0.4, -0.2) is 55.5 Å². The van der Waals surface area contributed by atoms with Crippen molar-refractivity contribution in [2.24, 2.45) is 0 Å². The summed E-state index contributed by atoms with van der Waals surface area (Å²) in [7, 11) is 1.94. The number of rotatable bonds is 5. The Balaban J connectivity index is 1.51. The molecule has 0 spiro atoms. The highest BCUT2D eigenvalue weighted by Crippen LogP contribution is 2.20. The molecule has 1 atom stereocenters. The van der Waals surface area contributed by atoms with Gasteiger partial charge in [-0.3, -0.25) is 9.69 Å². The third-order valence-electron chi connectivity index (χ3n) is 5.15. The third kappa shape index (κ3) is 4.41. The third-order valence-corrected chi connectivity index (χ3v) is 5.15. The first kappa shape index (κ1) is 18.4. The van der Waals surface area contributed by atoms with Gasteiger partial charge in [-0.05, 0) is 43.8 Å². The zero-order valence-electron chi connectivity index (χ0n) is 15.4. The van der Waals surface area contributed by atoms with Gasteiger partial charge in [-0.15, -0.1) is 0 Å². The van der Waals surface area contributed by atoms with Gasteiger partial charge in [0.05, 0.1) is 6.54 Å². The molecule has 4 nitrogen and oxygen atoms in total. The molecule has 1 aliphatic rings. The first-order valence-corrected chi connectivity index (χ1v) is 9.08. The maximum atomic E-state index is 13.1. The Bertz CT molecular complexity index is 712. The minimum absolute atomic E-state index is 0.0603. The van der Waals surface area contributed by atoms with E-state index in [1.165, 1.54) is 17.8 Å². The van der Waals surface area contributed by atoms with Crippen LogP contribution in [0.5, 0.6) is 0 Å². The first-order chi connectivity index (χ1) is 12.5. The van der Waals surface area contributed by atoms with E-state index in [1.807, 2.05) is 42.0 Å². The Hall–Kier alpha value is -2.40. The van der Waals surface area contributed by atoms with E-state index in [4.69, 9.17) is 0 Å².